The number of Topliss-reactive ketones (excluding diaryl/α,β-unsaturated/α-hetero) is 1. The molecule has 0 radical (unpaired) electrons. The SMILES string of the molecule is CC(=O)Nc1cccc(C(C)=O)c1COCC(O)CN1CCC(Oc2ccc(Cl)c(Cl)c2)C1. The van der Waals surface area contributed by atoms with Crippen LogP contribution < -0.4 is 10.1 Å². The van der Waals surface area contributed by atoms with E-state index < -0.39 is 6.10 Å². The summed E-state index contributed by atoms with van der Waals surface area (Å²) in [4.78, 5) is 25.6. The molecule has 1 aliphatic rings. The molecule has 178 valence electrons. The number of nitrogens with zero attached hydrogens (tertiary/aromatic N) is 1. The minimum atomic E-state index is -0.706. The topological polar surface area (TPSA) is 88.1 Å². The van der Waals surface area contributed by atoms with Crippen LogP contribution in [0.3, 0.4) is 0 Å². The van der Waals surface area contributed by atoms with Gasteiger partial charge in [-0.2, -0.15) is 0 Å². The molecule has 33 heavy (non-hydrogen) atoms. The Morgan fingerprint density at radius 3 is 2.70 bits per heavy atom. The zero-order valence-electron chi connectivity index (χ0n) is 18.6. The molecule has 9 heteroatoms. The average Bonchev–Trinajstić information content (AvgIpc) is 3.17. The molecule has 0 aliphatic carbocycles. The number of halogens is 2. The number of rotatable bonds is 10. The van der Waals surface area contributed by atoms with Crippen LogP contribution in [0, 0.1) is 0 Å². The molecular formula is C24H28Cl2N2O5. The van der Waals surface area contributed by atoms with E-state index in [1.807, 2.05) is 0 Å². The highest BCUT2D eigenvalue weighted by Crippen LogP contribution is 2.28. The number of hydrogen-bond acceptors (Lipinski definition) is 6. The lowest BCUT2D eigenvalue weighted by Crippen LogP contribution is -2.34. The normalized spacial score (nSPS) is 17.1. The Morgan fingerprint density at radius 1 is 1.21 bits per heavy atom. The van der Waals surface area contributed by atoms with Crippen LogP contribution in [0.4, 0.5) is 5.69 Å². The Kier molecular flexibility index (Phi) is 9.11. The molecule has 0 saturated carbocycles. The van der Waals surface area contributed by atoms with Crippen LogP contribution in [0.15, 0.2) is 36.4 Å². The van der Waals surface area contributed by atoms with Gasteiger partial charge in [0, 0.05) is 49.4 Å². The van der Waals surface area contributed by atoms with Gasteiger partial charge >= 0.3 is 0 Å². The van der Waals surface area contributed by atoms with E-state index >= 15 is 0 Å². The molecule has 2 unspecified atom stereocenters. The van der Waals surface area contributed by atoms with Gasteiger partial charge in [0.25, 0.3) is 0 Å². The largest absolute Gasteiger partial charge is 0.489 e. The van der Waals surface area contributed by atoms with Gasteiger partial charge in [-0.1, -0.05) is 35.3 Å². The molecule has 1 fully saturated rings. The third-order valence-corrected chi connectivity index (χ3v) is 6.05. The summed E-state index contributed by atoms with van der Waals surface area (Å²) >= 11 is 12.0. The van der Waals surface area contributed by atoms with Gasteiger partial charge in [-0.3, -0.25) is 14.5 Å². The first-order chi connectivity index (χ1) is 15.7. The number of carbonyl (C=O) groups is 2. The van der Waals surface area contributed by atoms with Gasteiger partial charge in [-0.25, -0.2) is 0 Å². The molecule has 1 saturated heterocycles. The number of nitrogens with one attached hydrogen (secondary N) is 1. The highest BCUT2D eigenvalue weighted by Gasteiger charge is 2.26. The molecular weight excluding hydrogens is 467 g/mol. The first kappa shape index (κ1) is 25.5. The van der Waals surface area contributed by atoms with Crippen LogP contribution in [0.1, 0.15) is 36.2 Å². The fraction of sp³-hybridized carbons (Fsp3) is 0.417. The summed E-state index contributed by atoms with van der Waals surface area (Å²) in [7, 11) is 0. The maximum Gasteiger partial charge on any atom is 0.221 e. The van der Waals surface area contributed by atoms with Crippen molar-refractivity contribution in [3.63, 3.8) is 0 Å². The second-order valence-electron chi connectivity index (χ2n) is 8.10. The van der Waals surface area contributed by atoms with Crippen molar-refractivity contribution in [2.24, 2.45) is 0 Å². The van der Waals surface area contributed by atoms with Gasteiger partial charge in [-0.15, -0.1) is 0 Å². The van der Waals surface area contributed by atoms with Crippen molar-refractivity contribution in [3.8, 4) is 5.75 Å². The highest BCUT2D eigenvalue weighted by atomic mass is 35.5. The fourth-order valence-corrected chi connectivity index (χ4v) is 4.12. The molecule has 2 aromatic carbocycles. The summed E-state index contributed by atoms with van der Waals surface area (Å²) in [5.41, 5.74) is 1.62. The lowest BCUT2D eigenvalue weighted by atomic mass is 10.0. The zero-order valence-corrected chi connectivity index (χ0v) is 20.2. The summed E-state index contributed by atoms with van der Waals surface area (Å²) in [5.74, 6) is 0.314. The Bertz CT molecular complexity index is 1000. The first-order valence-electron chi connectivity index (χ1n) is 10.7. The predicted octanol–water partition coefficient (Wildman–Crippen LogP) is 4.19. The highest BCUT2D eigenvalue weighted by molar-refractivity contribution is 6.42. The number of β-amino-alcohol motifs (C(OH)–C–C–N with tert-alkyl or cyclic N) is 1. The van der Waals surface area contributed by atoms with Crippen molar-refractivity contribution in [3.05, 3.63) is 57.6 Å². The molecule has 2 N–H and O–H groups in total. The number of aliphatic hydroxyl groups is 1. The summed E-state index contributed by atoms with van der Waals surface area (Å²) in [6.45, 7) is 4.98. The van der Waals surface area contributed by atoms with Crippen molar-refractivity contribution in [1.82, 2.24) is 4.90 Å². The number of hydrogen-bond donors (Lipinski definition) is 2. The van der Waals surface area contributed by atoms with Gasteiger partial charge in [0.15, 0.2) is 5.78 Å². The molecule has 0 bridgehead atoms. The van der Waals surface area contributed by atoms with Crippen LogP contribution in [0.5, 0.6) is 5.75 Å². The van der Waals surface area contributed by atoms with E-state index in [1.165, 1.54) is 13.8 Å². The monoisotopic (exact) mass is 494 g/mol. The van der Waals surface area contributed by atoms with Crippen LogP contribution in [0.25, 0.3) is 0 Å². The van der Waals surface area contributed by atoms with E-state index in [4.69, 9.17) is 32.7 Å². The second kappa shape index (κ2) is 11.8. The number of amides is 1. The number of anilines is 1. The minimum absolute atomic E-state index is 0.00184. The molecule has 2 aromatic rings. The Labute approximate surface area is 203 Å². The van der Waals surface area contributed by atoms with Crippen LogP contribution in [-0.4, -0.2) is 60.1 Å². The van der Waals surface area contributed by atoms with E-state index in [1.54, 1.807) is 36.4 Å². The predicted molar refractivity (Wildman–Crippen MR) is 128 cm³/mol. The molecule has 0 spiro atoms. The second-order valence-corrected chi connectivity index (χ2v) is 8.92. The van der Waals surface area contributed by atoms with Crippen molar-refractivity contribution >= 4 is 40.6 Å². The summed E-state index contributed by atoms with van der Waals surface area (Å²) < 4.78 is 11.7. The molecule has 0 aromatic heterocycles. The summed E-state index contributed by atoms with van der Waals surface area (Å²) in [5, 5.41) is 14.1. The third kappa shape index (κ3) is 7.42. The van der Waals surface area contributed by atoms with E-state index in [0.717, 1.165) is 13.0 Å². The van der Waals surface area contributed by atoms with Gasteiger partial charge in [0.2, 0.25) is 5.91 Å². The van der Waals surface area contributed by atoms with E-state index in [2.05, 4.69) is 10.2 Å². The molecule has 1 aliphatic heterocycles. The van der Waals surface area contributed by atoms with Gasteiger partial charge in [0.1, 0.15) is 11.9 Å². The van der Waals surface area contributed by atoms with Crippen molar-refractivity contribution in [2.45, 2.75) is 39.1 Å². The van der Waals surface area contributed by atoms with Crippen molar-refractivity contribution < 1.29 is 24.2 Å². The maximum absolute atomic E-state index is 12.0. The first-order valence-corrected chi connectivity index (χ1v) is 11.5. The van der Waals surface area contributed by atoms with Gasteiger partial charge < -0.3 is 19.9 Å². The number of likely N-dealkylation sites (tertiary alicyclic amines) is 1. The summed E-state index contributed by atoms with van der Waals surface area (Å²) in [6, 6.07) is 10.3. The minimum Gasteiger partial charge on any atom is -0.489 e. The number of ether oxygens (including phenoxy) is 2. The Hall–Kier alpha value is -2.16. The fourth-order valence-electron chi connectivity index (χ4n) is 3.83. The molecule has 2 atom stereocenters. The van der Waals surface area contributed by atoms with Crippen LogP contribution in [0.2, 0.25) is 10.0 Å². The van der Waals surface area contributed by atoms with Gasteiger partial charge in [0.05, 0.1) is 29.4 Å². The molecule has 7 nitrogen and oxygen atoms in total. The standard InChI is InChI=1S/C24H28Cl2N2O5/c1-15(29)20-4-3-5-24(27-16(2)30)21(20)14-32-13-17(31)11-28-9-8-19(12-28)33-18-6-7-22(25)23(26)10-18/h3-7,10,17,19,31H,8-9,11-14H2,1-2H3,(H,27,30). The quantitative estimate of drug-likeness (QED) is 0.481. The number of ketones is 1. The maximum atomic E-state index is 12.0. The summed E-state index contributed by atoms with van der Waals surface area (Å²) in [6.07, 6.45) is 0.125. The number of benzene rings is 2. The molecule has 1 heterocycles. The zero-order chi connectivity index (χ0) is 24.0. The molecule has 3 rings (SSSR count). The van der Waals surface area contributed by atoms with Crippen LogP contribution >= 0.6 is 23.2 Å². The van der Waals surface area contributed by atoms with Crippen molar-refractivity contribution in [1.29, 1.82) is 0 Å². The number of carbonyl (C=O) groups excluding carboxylic acids is 2. The van der Waals surface area contributed by atoms with E-state index in [0.29, 0.717) is 45.7 Å². The Morgan fingerprint density at radius 2 is 2.00 bits per heavy atom. The van der Waals surface area contributed by atoms with E-state index in [-0.39, 0.29) is 31.0 Å². The van der Waals surface area contributed by atoms with E-state index in [9.17, 15) is 14.7 Å². The van der Waals surface area contributed by atoms with Crippen molar-refractivity contribution in [2.75, 3.05) is 31.6 Å². The lowest BCUT2D eigenvalue weighted by Gasteiger charge is -2.21. The van der Waals surface area contributed by atoms with Gasteiger partial charge in [-0.05, 0) is 31.5 Å². The smallest absolute Gasteiger partial charge is 0.221 e. The average molecular weight is 495 g/mol. The third-order valence-electron chi connectivity index (χ3n) is 5.31. The van der Waals surface area contributed by atoms with Crippen LogP contribution in [-0.2, 0) is 16.1 Å². The molecule has 1 amide bonds. The number of aliphatic hydroxyl groups excluding tert-OH is 1. The lowest BCUT2D eigenvalue weighted by molar-refractivity contribution is -0.114. The Balaban J connectivity index is 1.48.